The number of aromatic nitrogens is 2. The highest BCUT2D eigenvalue weighted by Crippen LogP contribution is 2.14. The maximum absolute atomic E-state index is 12.4. The summed E-state index contributed by atoms with van der Waals surface area (Å²) in [5, 5.41) is 0. The molecule has 10 heteroatoms. The molecule has 0 atom stereocenters. The number of carbonyl (C=O) groups excluding carboxylic acids is 4. The summed E-state index contributed by atoms with van der Waals surface area (Å²) in [5.41, 5.74) is 0. The van der Waals surface area contributed by atoms with E-state index < -0.39 is 24.4 Å². The minimum absolute atomic E-state index is 0.101. The molecule has 1 aromatic rings. The Bertz CT molecular complexity index is 701. The van der Waals surface area contributed by atoms with E-state index in [1.165, 1.54) is 0 Å². The molecule has 2 saturated heterocycles. The molecule has 0 aromatic carbocycles. The van der Waals surface area contributed by atoms with Crippen LogP contribution in [0.5, 0.6) is 0 Å². The largest absolute Gasteiger partial charge is 0.338 e. The van der Waals surface area contributed by atoms with E-state index in [1.807, 2.05) is 4.90 Å². The van der Waals surface area contributed by atoms with Gasteiger partial charge in [0.2, 0.25) is 11.9 Å². The van der Waals surface area contributed by atoms with Gasteiger partial charge in [-0.15, -0.1) is 0 Å². The predicted octanol–water partition coefficient (Wildman–Crippen LogP) is -1.06. The van der Waals surface area contributed by atoms with Gasteiger partial charge in [-0.1, -0.05) is 0 Å². The number of anilines is 1. The third-order valence-corrected chi connectivity index (χ3v) is 4.21. The molecular formula is C15H18N6O4. The summed E-state index contributed by atoms with van der Waals surface area (Å²) in [6.07, 6.45) is 3.31. The minimum atomic E-state index is -0.948. The Balaban J connectivity index is 1.57. The van der Waals surface area contributed by atoms with Gasteiger partial charge in [0.1, 0.15) is 6.54 Å². The van der Waals surface area contributed by atoms with Crippen molar-refractivity contribution in [3.05, 3.63) is 18.5 Å². The van der Waals surface area contributed by atoms with Gasteiger partial charge >= 0.3 is 17.8 Å². The third kappa shape index (κ3) is 3.14. The summed E-state index contributed by atoms with van der Waals surface area (Å²) in [6.45, 7) is 3.25. The normalized spacial score (nSPS) is 18.4. The Labute approximate surface area is 144 Å². The number of rotatable bonds is 4. The Morgan fingerprint density at radius 2 is 1.60 bits per heavy atom. The fraction of sp³-hybridized carbons (Fsp3) is 0.467. The highest BCUT2D eigenvalue weighted by Gasteiger charge is 2.44. The van der Waals surface area contributed by atoms with E-state index in [9.17, 15) is 19.2 Å². The summed E-state index contributed by atoms with van der Waals surface area (Å²) in [4.78, 5) is 61.4. The zero-order valence-electron chi connectivity index (χ0n) is 13.8. The molecule has 0 saturated carbocycles. The van der Waals surface area contributed by atoms with Gasteiger partial charge in [-0.25, -0.2) is 19.7 Å². The van der Waals surface area contributed by atoms with E-state index in [4.69, 9.17) is 0 Å². The summed E-state index contributed by atoms with van der Waals surface area (Å²) in [7, 11) is 0. The average Bonchev–Trinajstić information content (AvgIpc) is 2.85. The topological polar surface area (TPSA) is 107 Å². The van der Waals surface area contributed by atoms with Crippen molar-refractivity contribution in [1.29, 1.82) is 0 Å². The molecule has 0 radical (unpaired) electrons. The van der Waals surface area contributed by atoms with Crippen LogP contribution in [0.2, 0.25) is 0 Å². The van der Waals surface area contributed by atoms with Crippen molar-refractivity contribution in [3.63, 3.8) is 0 Å². The maximum Gasteiger partial charge on any atom is 0.334 e. The second-order valence-electron chi connectivity index (χ2n) is 5.64. The number of piperazine rings is 1. The molecule has 2 aliphatic rings. The van der Waals surface area contributed by atoms with Crippen LogP contribution < -0.4 is 4.90 Å². The van der Waals surface area contributed by atoms with Gasteiger partial charge in [-0.3, -0.25) is 19.3 Å². The SMILES string of the molecule is CCN1C(=O)C(=O)N(CC(=O)N2CCN(c3ncccn3)CC2)C1=O. The van der Waals surface area contributed by atoms with E-state index in [-0.39, 0.29) is 12.5 Å². The van der Waals surface area contributed by atoms with Crippen LogP contribution in [-0.4, -0.2) is 87.7 Å². The van der Waals surface area contributed by atoms with Crippen molar-refractivity contribution in [2.24, 2.45) is 0 Å². The van der Waals surface area contributed by atoms with Crippen molar-refractivity contribution in [2.45, 2.75) is 6.92 Å². The number of imide groups is 2. The van der Waals surface area contributed by atoms with Crippen molar-refractivity contribution < 1.29 is 19.2 Å². The standard InChI is InChI=1S/C15H18N6O4/c1-2-20-12(23)13(24)21(15(20)25)10-11(22)18-6-8-19(9-7-18)14-16-4-3-5-17-14/h3-5H,2,6-10H2,1H3. The molecule has 1 aromatic heterocycles. The van der Waals surface area contributed by atoms with Crippen LogP contribution in [0, 0.1) is 0 Å². The van der Waals surface area contributed by atoms with Gasteiger partial charge < -0.3 is 9.80 Å². The van der Waals surface area contributed by atoms with Gasteiger partial charge in [0, 0.05) is 45.1 Å². The zero-order valence-corrected chi connectivity index (χ0v) is 13.8. The highest BCUT2D eigenvalue weighted by atomic mass is 16.2. The summed E-state index contributed by atoms with van der Waals surface area (Å²) in [5.74, 6) is -1.59. The van der Waals surface area contributed by atoms with Gasteiger partial charge in [-0.05, 0) is 13.0 Å². The fourth-order valence-corrected chi connectivity index (χ4v) is 2.81. The van der Waals surface area contributed by atoms with Crippen LogP contribution in [0.1, 0.15) is 6.92 Å². The van der Waals surface area contributed by atoms with Crippen LogP contribution >= 0.6 is 0 Å². The second-order valence-corrected chi connectivity index (χ2v) is 5.64. The van der Waals surface area contributed by atoms with Crippen molar-refractivity contribution in [3.8, 4) is 0 Å². The maximum atomic E-state index is 12.4. The summed E-state index contributed by atoms with van der Waals surface area (Å²) in [6, 6.07) is 0.996. The van der Waals surface area contributed by atoms with Gasteiger partial charge in [0.05, 0.1) is 0 Å². The quantitative estimate of drug-likeness (QED) is 0.505. The summed E-state index contributed by atoms with van der Waals surface area (Å²) >= 11 is 0. The van der Waals surface area contributed by atoms with Gasteiger partial charge in [0.15, 0.2) is 0 Å². The molecule has 5 amide bonds. The molecule has 2 fully saturated rings. The Morgan fingerprint density at radius 1 is 1.00 bits per heavy atom. The second kappa shape index (κ2) is 6.83. The fourth-order valence-electron chi connectivity index (χ4n) is 2.81. The first-order chi connectivity index (χ1) is 12.0. The van der Waals surface area contributed by atoms with E-state index in [0.29, 0.717) is 37.0 Å². The van der Waals surface area contributed by atoms with Crippen LogP contribution in [0.3, 0.4) is 0 Å². The number of amides is 5. The number of nitrogens with zero attached hydrogens (tertiary/aromatic N) is 6. The highest BCUT2D eigenvalue weighted by molar-refractivity contribution is 6.45. The average molecular weight is 346 g/mol. The molecular weight excluding hydrogens is 328 g/mol. The zero-order chi connectivity index (χ0) is 18.0. The van der Waals surface area contributed by atoms with Crippen LogP contribution in [-0.2, 0) is 14.4 Å². The first kappa shape index (κ1) is 16.8. The molecule has 10 nitrogen and oxygen atoms in total. The van der Waals surface area contributed by atoms with Crippen molar-refractivity contribution in [2.75, 3.05) is 44.2 Å². The first-order valence-electron chi connectivity index (χ1n) is 8.00. The van der Waals surface area contributed by atoms with E-state index in [1.54, 1.807) is 30.3 Å². The molecule has 0 unspecified atom stereocenters. The van der Waals surface area contributed by atoms with Crippen LogP contribution in [0.4, 0.5) is 10.7 Å². The molecule has 2 aliphatic heterocycles. The number of hydrogen-bond acceptors (Lipinski definition) is 7. The predicted molar refractivity (Wildman–Crippen MR) is 85.3 cm³/mol. The van der Waals surface area contributed by atoms with Crippen molar-refractivity contribution >= 4 is 29.7 Å². The van der Waals surface area contributed by atoms with Crippen molar-refractivity contribution in [1.82, 2.24) is 24.7 Å². The minimum Gasteiger partial charge on any atom is -0.338 e. The number of likely N-dealkylation sites (N-methyl/N-ethyl adjacent to an activating group) is 1. The van der Waals surface area contributed by atoms with E-state index in [2.05, 4.69) is 9.97 Å². The molecule has 132 valence electrons. The Kier molecular flexibility index (Phi) is 4.59. The molecule has 3 rings (SSSR count). The molecule has 25 heavy (non-hydrogen) atoms. The number of urea groups is 1. The Morgan fingerprint density at radius 3 is 2.16 bits per heavy atom. The molecule has 3 heterocycles. The lowest BCUT2D eigenvalue weighted by Gasteiger charge is -2.35. The van der Waals surface area contributed by atoms with Gasteiger partial charge in [0.25, 0.3) is 0 Å². The van der Waals surface area contributed by atoms with Crippen LogP contribution in [0.15, 0.2) is 18.5 Å². The lowest BCUT2D eigenvalue weighted by molar-refractivity contribution is -0.144. The third-order valence-electron chi connectivity index (χ3n) is 4.21. The number of carbonyl (C=O) groups is 4. The Hall–Kier alpha value is -3.04. The van der Waals surface area contributed by atoms with E-state index in [0.717, 1.165) is 4.90 Å². The first-order valence-corrected chi connectivity index (χ1v) is 8.00. The van der Waals surface area contributed by atoms with E-state index >= 15 is 0 Å². The molecule has 0 N–H and O–H groups in total. The monoisotopic (exact) mass is 346 g/mol. The smallest absolute Gasteiger partial charge is 0.334 e. The van der Waals surface area contributed by atoms with Crippen LogP contribution in [0.25, 0.3) is 0 Å². The lowest BCUT2D eigenvalue weighted by Crippen LogP contribution is -2.52. The van der Waals surface area contributed by atoms with Gasteiger partial charge in [-0.2, -0.15) is 0 Å². The molecule has 0 aliphatic carbocycles. The molecule has 0 bridgehead atoms. The molecule has 0 spiro atoms. The number of hydrogen-bond donors (Lipinski definition) is 0. The lowest BCUT2D eigenvalue weighted by atomic mass is 10.3. The summed E-state index contributed by atoms with van der Waals surface area (Å²) < 4.78 is 0.